The van der Waals surface area contributed by atoms with Gasteiger partial charge >= 0.3 is 18.5 Å². The van der Waals surface area contributed by atoms with E-state index in [1.165, 1.54) is 7.11 Å². The van der Waals surface area contributed by atoms with E-state index in [2.05, 4.69) is 0 Å². The molecule has 43 heavy (non-hydrogen) atoms. The first-order valence-corrected chi connectivity index (χ1v) is 14.1. The topological polar surface area (TPSA) is 58.6 Å². The van der Waals surface area contributed by atoms with Crippen LogP contribution in [-0.4, -0.2) is 26.4 Å². The van der Waals surface area contributed by atoms with Gasteiger partial charge in [-0.25, -0.2) is 0 Å². The zero-order valence-electron chi connectivity index (χ0n) is 22.7. The largest absolute Gasteiger partial charge is 0.496 e. The Morgan fingerprint density at radius 3 is 1.91 bits per heavy atom. The highest BCUT2D eigenvalue weighted by Gasteiger charge is 2.41. The molecule has 1 aliphatic rings. The molecule has 5 nitrogen and oxygen atoms in total. The predicted molar refractivity (Wildman–Crippen MR) is 139 cm³/mol. The lowest BCUT2D eigenvalue weighted by atomic mass is 9.92. The van der Waals surface area contributed by atoms with E-state index in [9.17, 15) is 47.9 Å². The fourth-order valence-electron chi connectivity index (χ4n) is 4.75. The Labute approximate surface area is 241 Å². The van der Waals surface area contributed by atoms with Crippen molar-refractivity contribution in [3.8, 4) is 16.9 Å². The molecule has 0 aliphatic carbocycles. The van der Waals surface area contributed by atoms with Crippen molar-refractivity contribution in [3.63, 3.8) is 0 Å². The molecular weight excluding hydrogens is 615 g/mol. The molecule has 0 saturated carbocycles. The lowest BCUT2D eigenvalue weighted by Crippen LogP contribution is -2.29. The van der Waals surface area contributed by atoms with E-state index in [-0.39, 0.29) is 28.9 Å². The summed E-state index contributed by atoms with van der Waals surface area (Å²) >= 11 is 0. The van der Waals surface area contributed by atoms with Crippen molar-refractivity contribution in [1.29, 1.82) is 0 Å². The number of rotatable bonds is 6. The Morgan fingerprint density at radius 1 is 0.814 bits per heavy atom. The summed E-state index contributed by atoms with van der Waals surface area (Å²) in [6, 6.07) is 6.98. The fourth-order valence-corrected chi connectivity index (χ4v) is 6.12. The third-order valence-corrected chi connectivity index (χ3v) is 8.53. The number of hydrogen-bond donors (Lipinski definition) is 1. The average molecular weight is 641 g/mol. The second-order valence-corrected chi connectivity index (χ2v) is 12.0. The first-order chi connectivity index (χ1) is 19.7. The number of hydrogen-bond acceptors (Lipinski definition) is 3. The van der Waals surface area contributed by atoms with Crippen LogP contribution in [0.4, 0.5) is 39.5 Å². The summed E-state index contributed by atoms with van der Waals surface area (Å²) in [4.78, 5) is 0. The van der Waals surface area contributed by atoms with Crippen molar-refractivity contribution in [1.82, 2.24) is 9.03 Å². The smallest absolute Gasteiger partial charge is 0.416 e. The second-order valence-electron chi connectivity index (χ2n) is 10.3. The maximum atomic E-state index is 13.7. The maximum Gasteiger partial charge on any atom is 0.416 e. The molecule has 15 heteroatoms. The Balaban J connectivity index is 1.80. The maximum absolute atomic E-state index is 13.7. The third kappa shape index (κ3) is 7.10. The molecular formula is C28H25F9N2O3S. The Morgan fingerprint density at radius 2 is 1.40 bits per heavy atom. The van der Waals surface area contributed by atoms with Gasteiger partial charge in [0.25, 0.3) is 10.2 Å². The van der Waals surface area contributed by atoms with Crippen LogP contribution in [0.3, 0.4) is 0 Å². The van der Waals surface area contributed by atoms with Crippen molar-refractivity contribution in [3.05, 3.63) is 88.0 Å². The van der Waals surface area contributed by atoms with Gasteiger partial charge in [0.05, 0.1) is 29.8 Å². The van der Waals surface area contributed by atoms with E-state index < -0.39 is 70.1 Å². The minimum absolute atomic E-state index is 0.0144. The third-order valence-electron chi connectivity index (χ3n) is 6.99. The Kier molecular flexibility index (Phi) is 8.59. The van der Waals surface area contributed by atoms with E-state index in [4.69, 9.17) is 4.74 Å². The predicted octanol–water partition coefficient (Wildman–Crippen LogP) is 7.93. The SMILES string of the molecule is COc1ccc(C(C)C)cc1-c1ccc(C(F)(F)F)cc1CN1CC(c2cc(C(F)(F)F)cc(C(F)(F)F)c2)NS1(=O)=O. The van der Waals surface area contributed by atoms with Crippen LogP contribution in [0.2, 0.25) is 0 Å². The van der Waals surface area contributed by atoms with Gasteiger partial charge in [-0.05, 0) is 70.6 Å². The van der Waals surface area contributed by atoms with Crippen molar-refractivity contribution < 1.29 is 52.7 Å². The summed E-state index contributed by atoms with van der Waals surface area (Å²) in [6.45, 7) is 2.45. The van der Waals surface area contributed by atoms with E-state index in [1.54, 1.807) is 18.2 Å². The van der Waals surface area contributed by atoms with Crippen molar-refractivity contribution in [2.24, 2.45) is 0 Å². The molecule has 0 radical (unpaired) electrons. The number of benzene rings is 3. The van der Waals surface area contributed by atoms with Crippen LogP contribution >= 0.6 is 0 Å². The van der Waals surface area contributed by atoms with Crippen LogP contribution < -0.4 is 9.46 Å². The zero-order chi connectivity index (χ0) is 32.1. The summed E-state index contributed by atoms with van der Waals surface area (Å²) in [6.07, 6.45) is -15.1. The summed E-state index contributed by atoms with van der Waals surface area (Å²) in [5.74, 6) is 0.301. The lowest BCUT2D eigenvalue weighted by Gasteiger charge is -2.21. The van der Waals surface area contributed by atoms with Crippen LogP contribution in [-0.2, 0) is 35.3 Å². The number of ether oxygens (including phenoxy) is 1. The molecule has 0 bridgehead atoms. The summed E-state index contributed by atoms with van der Waals surface area (Å²) < 4.78 is 156. The molecule has 0 spiro atoms. The van der Waals surface area contributed by atoms with Crippen LogP contribution in [0.25, 0.3) is 11.1 Å². The molecule has 1 saturated heterocycles. The first-order valence-electron chi connectivity index (χ1n) is 12.7. The zero-order valence-corrected chi connectivity index (χ0v) is 23.6. The quantitative estimate of drug-likeness (QED) is 0.279. The highest BCUT2D eigenvalue weighted by Crippen LogP contribution is 2.41. The molecule has 0 amide bonds. The summed E-state index contributed by atoms with van der Waals surface area (Å²) in [7, 11) is -3.21. The Bertz CT molecular complexity index is 1580. The van der Waals surface area contributed by atoms with Gasteiger partial charge in [0, 0.05) is 18.7 Å². The molecule has 1 fully saturated rings. The first kappa shape index (κ1) is 32.6. The number of nitrogens with one attached hydrogen (secondary N) is 1. The van der Waals surface area contributed by atoms with Gasteiger partial charge in [0.2, 0.25) is 0 Å². The van der Waals surface area contributed by atoms with Crippen molar-refractivity contribution >= 4 is 10.2 Å². The molecule has 1 heterocycles. The Hall–Kier alpha value is -3.30. The number of alkyl halides is 9. The average Bonchev–Trinajstić information content (AvgIpc) is 3.20. The van der Waals surface area contributed by atoms with Crippen LogP contribution in [0.5, 0.6) is 5.75 Å². The van der Waals surface area contributed by atoms with Crippen LogP contribution in [0, 0.1) is 0 Å². The van der Waals surface area contributed by atoms with Gasteiger partial charge < -0.3 is 4.74 Å². The van der Waals surface area contributed by atoms with Crippen molar-refractivity contribution in [2.45, 2.75) is 50.9 Å². The molecule has 1 aliphatic heterocycles. The van der Waals surface area contributed by atoms with Crippen molar-refractivity contribution in [2.75, 3.05) is 13.7 Å². The minimum Gasteiger partial charge on any atom is -0.496 e. The lowest BCUT2D eigenvalue weighted by molar-refractivity contribution is -0.143. The van der Waals surface area contributed by atoms with E-state index in [1.807, 2.05) is 18.6 Å². The summed E-state index contributed by atoms with van der Waals surface area (Å²) in [5, 5.41) is 0. The van der Waals surface area contributed by atoms with Gasteiger partial charge in [-0.15, -0.1) is 0 Å². The van der Waals surface area contributed by atoms with E-state index in [0.717, 1.165) is 23.8 Å². The molecule has 1 unspecified atom stereocenters. The minimum atomic E-state index is -5.16. The molecule has 1 N–H and O–H groups in total. The molecule has 1 atom stereocenters. The van der Waals surface area contributed by atoms with Crippen LogP contribution in [0.15, 0.2) is 54.6 Å². The van der Waals surface area contributed by atoms with Gasteiger partial charge in [-0.3, -0.25) is 0 Å². The standard InChI is InChI=1S/C28H25F9N2O3S/c1-15(2)16-4-7-25(42-3)23(11-16)22-6-5-19(26(29,30)31)10-18(22)13-39-14-24(38-43(39,40)41)17-8-20(27(32,33)34)12-21(9-17)28(35,36)37/h4-12,15,24,38H,13-14H2,1-3H3. The monoisotopic (exact) mass is 640 g/mol. The number of halogens is 9. The van der Waals surface area contributed by atoms with Gasteiger partial charge in [0.15, 0.2) is 0 Å². The van der Waals surface area contributed by atoms with Gasteiger partial charge in [-0.1, -0.05) is 26.0 Å². The molecule has 234 valence electrons. The van der Waals surface area contributed by atoms with Crippen LogP contribution in [0.1, 0.15) is 59.2 Å². The molecule has 3 aromatic rings. The molecule has 4 rings (SSSR count). The van der Waals surface area contributed by atoms with Gasteiger partial charge in [0.1, 0.15) is 5.75 Å². The molecule has 0 aromatic heterocycles. The second kappa shape index (κ2) is 11.3. The van der Waals surface area contributed by atoms with Gasteiger partial charge in [-0.2, -0.15) is 57.0 Å². The number of nitrogens with zero attached hydrogens (tertiary/aromatic N) is 1. The number of methoxy groups -OCH3 is 1. The summed E-state index contributed by atoms with van der Waals surface area (Å²) in [5.41, 5.74) is -3.69. The fraction of sp³-hybridized carbons (Fsp3) is 0.357. The van der Waals surface area contributed by atoms with E-state index in [0.29, 0.717) is 22.0 Å². The highest BCUT2D eigenvalue weighted by molar-refractivity contribution is 7.87. The van der Waals surface area contributed by atoms with E-state index >= 15 is 0 Å². The molecule has 3 aromatic carbocycles. The normalized spacial score (nSPS) is 17.9. The highest BCUT2D eigenvalue weighted by atomic mass is 32.2.